The quantitative estimate of drug-likeness (QED) is 0.733. The molecule has 0 bridgehead atoms. The first kappa shape index (κ1) is 11.7. The van der Waals surface area contributed by atoms with Gasteiger partial charge in [-0.15, -0.1) is 0 Å². The first-order chi connectivity index (χ1) is 7.15. The van der Waals surface area contributed by atoms with Crippen molar-refractivity contribution in [3.8, 4) is 0 Å². The Morgan fingerprint density at radius 2 is 2.47 bits per heavy atom. The lowest BCUT2D eigenvalue weighted by molar-refractivity contribution is 0.0941. The third kappa shape index (κ3) is 3.36. The molecule has 1 atom stereocenters. The van der Waals surface area contributed by atoms with Gasteiger partial charge < -0.3 is 11.1 Å². The third-order valence-electron chi connectivity index (χ3n) is 2.24. The third-order valence-corrected chi connectivity index (χ3v) is 2.24. The number of carbonyl (C=O) groups is 1. The monoisotopic (exact) mass is 210 g/mol. The first-order valence-electron chi connectivity index (χ1n) is 5.17. The number of rotatable bonds is 5. The van der Waals surface area contributed by atoms with E-state index in [1.165, 1.54) is 0 Å². The van der Waals surface area contributed by atoms with Crippen LogP contribution in [0.25, 0.3) is 0 Å². The maximum Gasteiger partial charge on any atom is 0.269 e. The summed E-state index contributed by atoms with van der Waals surface area (Å²) in [6, 6.07) is 1.72. The van der Waals surface area contributed by atoms with Crippen molar-refractivity contribution in [1.29, 1.82) is 0 Å². The van der Waals surface area contributed by atoms with Gasteiger partial charge in [0, 0.05) is 25.8 Å². The molecule has 3 N–H and O–H groups in total. The second-order valence-electron chi connectivity index (χ2n) is 3.60. The van der Waals surface area contributed by atoms with E-state index < -0.39 is 0 Å². The first-order valence-corrected chi connectivity index (χ1v) is 5.17. The highest BCUT2D eigenvalue weighted by molar-refractivity contribution is 5.92. The van der Waals surface area contributed by atoms with E-state index in [1.54, 1.807) is 24.0 Å². The zero-order chi connectivity index (χ0) is 11.3. The molecule has 0 fully saturated rings. The summed E-state index contributed by atoms with van der Waals surface area (Å²) >= 11 is 0. The molecule has 15 heavy (non-hydrogen) atoms. The number of nitrogens with zero attached hydrogens (tertiary/aromatic N) is 2. The van der Waals surface area contributed by atoms with E-state index in [0.29, 0.717) is 12.2 Å². The molecular formula is C10H18N4O. The topological polar surface area (TPSA) is 72.9 Å². The van der Waals surface area contributed by atoms with Crippen LogP contribution in [0.3, 0.4) is 0 Å². The Morgan fingerprint density at radius 3 is 3.00 bits per heavy atom. The van der Waals surface area contributed by atoms with Crippen LogP contribution < -0.4 is 11.1 Å². The second kappa shape index (κ2) is 5.50. The molecule has 1 rings (SSSR count). The smallest absolute Gasteiger partial charge is 0.269 e. The molecule has 0 saturated carbocycles. The van der Waals surface area contributed by atoms with E-state index >= 15 is 0 Å². The number of nitrogens with two attached hydrogens (primary N) is 1. The maximum atomic E-state index is 11.6. The van der Waals surface area contributed by atoms with Gasteiger partial charge in [0.25, 0.3) is 5.91 Å². The van der Waals surface area contributed by atoms with Crippen molar-refractivity contribution in [2.75, 3.05) is 6.54 Å². The molecule has 84 valence electrons. The molecule has 0 aliphatic carbocycles. The summed E-state index contributed by atoms with van der Waals surface area (Å²) in [4.78, 5) is 11.6. The molecular weight excluding hydrogens is 192 g/mol. The lowest BCUT2D eigenvalue weighted by Crippen LogP contribution is -2.37. The van der Waals surface area contributed by atoms with Crippen LogP contribution in [0.15, 0.2) is 12.3 Å². The molecule has 5 heteroatoms. The van der Waals surface area contributed by atoms with Crippen molar-refractivity contribution >= 4 is 5.91 Å². The fourth-order valence-corrected chi connectivity index (χ4v) is 1.38. The number of hydrogen-bond donors (Lipinski definition) is 2. The van der Waals surface area contributed by atoms with Gasteiger partial charge in [-0.25, -0.2) is 0 Å². The van der Waals surface area contributed by atoms with Crippen LogP contribution >= 0.6 is 0 Å². The Hall–Kier alpha value is -1.36. The summed E-state index contributed by atoms with van der Waals surface area (Å²) in [7, 11) is 1.74. The van der Waals surface area contributed by atoms with E-state index in [2.05, 4.69) is 17.3 Å². The molecule has 0 saturated heterocycles. The Balaban J connectivity index is 2.40. The summed E-state index contributed by atoms with van der Waals surface area (Å²) in [6.07, 6.45) is 3.55. The zero-order valence-corrected chi connectivity index (χ0v) is 9.23. The highest BCUT2D eigenvalue weighted by Gasteiger charge is 2.10. The van der Waals surface area contributed by atoms with Gasteiger partial charge in [0.15, 0.2) is 0 Å². The number of aryl methyl sites for hydroxylation is 1. The molecule has 1 aromatic rings. The van der Waals surface area contributed by atoms with Crippen LogP contribution in [0.1, 0.15) is 30.3 Å². The summed E-state index contributed by atoms with van der Waals surface area (Å²) in [5.41, 5.74) is 6.34. The van der Waals surface area contributed by atoms with Gasteiger partial charge >= 0.3 is 0 Å². The molecule has 0 aliphatic rings. The Morgan fingerprint density at radius 1 is 1.73 bits per heavy atom. The minimum Gasteiger partial charge on any atom is -0.349 e. The van der Waals surface area contributed by atoms with E-state index in [-0.39, 0.29) is 11.9 Å². The molecule has 0 aliphatic heterocycles. The van der Waals surface area contributed by atoms with Crippen LogP contribution in [0.4, 0.5) is 0 Å². The molecule has 1 amide bonds. The zero-order valence-electron chi connectivity index (χ0n) is 9.23. The van der Waals surface area contributed by atoms with Crippen LogP contribution in [-0.4, -0.2) is 28.3 Å². The standard InChI is InChI=1S/C10H18N4O/c1-3-4-8(11)7-12-10(15)9-5-6-13-14(9)2/h5-6,8H,3-4,7,11H2,1-2H3,(H,12,15). The lowest BCUT2D eigenvalue weighted by atomic mass is 10.2. The van der Waals surface area contributed by atoms with E-state index in [9.17, 15) is 4.79 Å². The highest BCUT2D eigenvalue weighted by Crippen LogP contribution is 1.96. The second-order valence-corrected chi connectivity index (χ2v) is 3.60. The minimum atomic E-state index is -0.124. The summed E-state index contributed by atoms with van der Waals surface area (Å²) < 4.78 is 1.54. The minimum absolute atomic E-state index is 0.0344. The van der Waals surface area contributed by atoms with Gasteiger partial charge in [0.1, 0.15) is 5.69 Å². The Kier molecular flexibility index (Phi) is 4.30. The maximum absolute atomic E-state index is 11.6. The molecule has 5 nitrogen and oxygen atoms in total. The fraction of sp³-hybridized carbons (Fsp3) is 0.600. The number of hydrogen-bond acceptors (Lipinski definition) is 3. The van der Waals surface area contributed by atoms with E-state index in [1.807, 2.05) is 0 Å². The molecule has 1 aromatic heterocycles. The molecule has 1 unspecified atom stereocenters. The largest absolute Gasteiger partial charge is 0.349 e. The van der Waals surface area contributed by atoms with Crippen LogP contribution in [0.2, 0.25) is 0 Å². The Bertz CT molecular complexity index is 321. The van der Waals surface area contributed by atoms with Crippen molar-refractivity contribution in [2.45, 2.75) is 25.8 Å². The summed E-state index contributed by atoms with van der Waals surface area (Å²) in [6.45, 7) is 2.58. The van der Waals surface area contributed by atoms with Gasteiger partial charge in [-0.05, 0) is 12.5 Å². The molecule has 0 spiro atoms. The number of nitrogens with one attached hydrogen (secondary N) is 1. The van der Waals surface area contributed by atoms with Crippen molar-refractivity contribution in [3.05, 3.63) is 18.0 Å². The predicted octanol–water partition coefficient (Wildman–Crippen LogP) is 0.277. The number of amides is 1. The van der Waals surface area contributed by atoms with Crippen molar-refractivity contribution < 1.29 is 4.79 Å². The molecule has 0 radical (unpaired) electrons. The SMILES string of the molecule is CCCC(N)CNC(=O)c1ccnn1C. The highest BCUT2D eigenvalue weighted by atomic mass is 16.2. The van der Waals surface area contributed by atoms with Crippen LogP contribution in [0.5, 0.6) is 0 Å². The van der Waals surface area contributed by atoms with Crippen LogP contribution in [-0.2, 0) is 7.05 Å². The lowest BCUT2D eigenvalue weighted by Gasteiger charge is -2.11. The fourth-order valence-electron chi connectivity index (χ4n) is 1.38. The van der Waals surface area contributed by atoms with Crippen molar-refractivity contribution in [2.24, 2.45) is 12.8 Å². The Labute approximate surface area is 89.6 Å². The van der Waals surface area contributed by atoms with Crippen LogP contribution in [0, 0.1) is 0 Å². The normalized spacial score (nSPS) is 12.5. The van der Waals surface area contributed by atoms with E-state index in [4.69, 9.17) is 5.73 Å². The molecule has 1 heterocycles. The number of aromatic nitrogens is 2. The average Bonchev–Trinajstić information content (AvgIpc) is 2.61. The van der Waals surface area contributed by atoms with Gasteiger partial charge in [0.2, 0.25) is 0 Å². The van der Waals surface area contributed by atoms with Gasteiger partial charge in [-0.3, -0.25) is 9.48 Å². The molecule has 0 aromatic carbocycles. The van der Waals surface area contributed by atoms with E-state index in [0.717, 1.165) is 12.8 Å². The van der Waals surface area contributed by atoms with Gasteiger partial charge in [-0.1, -0.05) is 13.3 Å². The average molecular weight is 210 g/mol. The van der Waals surface area contributed by atoms with Crippen molar-refractivity contribution in [1.82, 2.24) is 15.1 Å². The summed E-state index contributed by atoms with van der Waals surface area (Å²) in [5.74, 6) is -0.124. The number of carbonyl (C=O) groups excluding carboxylic acids is 1. The van der Waals surface area contributed by atoms with Gasteiger partial charge in [-0.2, -0.15) is 5.10 Å². The predicted molar refractivity (Wildman–Crippen MR) is 58.4 cm³/mol. The summed E-state index contributed by atoms with van der Waals surface area (Å²) in [5, 5.41) is 6.71. The van der Waals surface area contributed by atoms with Gasteiger partial charge in [0.05, 0.1) is 0 Å². The van der Waals surface area contributed by atoms with Crippen molar-refractivity contribution in [3.63, 3.8) is 0 Å².